The molecular weight excluding hydrogens is 186 g/mol. The van der Waals surface area contributed by atoms with Crippen molar-refractivity contribution in [3.63, 3.8) is 0 Å². The van der Waals surface area contributed by atoms with Gasteiger partial charge in [0.25, 0.3) is 0 Å². The SMILES string of the molecule is CC.CCN1CCOc2ccc(C)cc21. The average Bonchev–Trinajstić information content (AvgIpc) is 2.31. The molecule has 2 nitrogen and oxygen atoms in total. The lowest BCUT2D eigenvalue weighted by Gasteiger charge is -2.30. The fraction of sp³-hybridized carbons (Fsp3) is 0.538. The summed E-state index contributed by atoms with van der Waals surface area (Å²) in [6.45, 7) is 11.2. The zero-order chi connectivity index (χ0) is 11.3. The van der Waals surface area contributed by atoms with E-state index < -0.39 is 0 Å². The smallest absolute Gasteiger partial charge is 0.142 e. The molecule has 15 heavy (non-hydrogen) atoms. The normalized spacial score (nSPS) is 13.5. The van der Waals surface area contributed by atoms with Crippen LogP contribution in [0.5, 0.6) is 5.75 Å². The number of aryl methyl sites for hydroxylation is 1. The lowest BCUT2D eigenvalue weighted by atomic mass is 10.1. The molecule has 0 aliphatic carbocycles. The standard InChI is InChI=1S/C11H15NO.C2H6/c1-3-12-6-7-13-11-5-4-9(2)8-10(11)12;1-2/h4-5,8H,3,6-7H2,1-2H3;1-2H3. The summed E-state index contributed by atoms with van der Waals surface area (Å²) in [4.78, 5) is 2.35. The molecule has 1 aliphatic heterocycles. The van der Waals surface area contributed by atoms with Gasteiger partial charge in [0, 0.05) is 6.54 Å². The van der Waals surface area contributed by atoms with Crippen LogP contribution in [-0.4, -0.2) is 19.7 Å². The first-order valence-corrected chi connectivity index (χ1v) is 5.79. The van der Waals surface area contributed by atoms with E-state index in [4.69, 9.17) is 4.74 Å². The van der Waals surface area contributed by atoms with Crippen molar-refractivity contribution in [2.75, 3.05) is 24.6 Å². The molecule has 84 valence electrons. The Morgan fingerprint density at radius 3 is 2.73 bits per heavy atom. The van der Waals surface area contributed by atoms with Crippen molar-refractivity contribution in [3.8, 4) is 5.75 Å². The van der Waals surface area contributed by atoms with E-state index in [1.165, 1.54) is 11.3 Å². The first-order valence-electron chi connectivity index (χ1n) is 5.79. The van der Waals surface area contributed by atoms with Crippen molar-refractivity contribution >= 4 is 5.69 Å². The number of rotatable bonds is 1. The van der Waals surface area contributed by atoms with Crippen LogP contribution in [0.25, 0.3) is 0 Å². The lowest BCUT2D eigenvalue weighted by molar-refractivity contribution is 0.308. The van der Waals surface area contributed by atoms with Crippen LogP contribution in [0.3, 0.4) is 0 Å². The van der Waals surface area contributed by atoms with Crippen LogP contribution in [0, 0.1) is 6.92 Å². The molecule has 0 bridgehead atoms. The minimum absolute atomic E-state index is 0.809. The summed E-state index contributed by atoms with van der Waals surface area (Å²) < 4.78 is 5.57. The highest BCUT2D eigenvalue weighted by atomic mass is 16.5. The van der Waals surface area contributed by atoms with E-state index in [0.717, 1.165) is 25.4 Å². The van der Waals surface area contributed by atoms with Crippen molar-refractivity contribution in [2.24, 2.45) is 0 Å². The van der Waals surface area contributed by atoms with Crippen molar-refractivity contribution in [2.45, 2.75) is 27.7 Å². The topological polar surface area (TPSA) is 12.5 Å². The Labute approximate surface area is 92.9 Å². The van der Waals surface area contributed by atoms with Crippen LogP contribution in [0.1, 0.15) is 26.3 Å². The molecule has 2 rings (SSSR count). The van der Waals surface area contributed by atoms with Gasteiger partial charge < -0.3 is 9.64 Å². The largest absolute Gasteiger partial charge is 0.490 e. The zero-order valence-electron chi connectivity index (χ0n) is 10.2. The molecule has 1 aliphatic rings. The van der Waals surface area contributed by atoms with E-state index in [9.17, 15) is 0 Å². The quantitative estimate of drug-likeness (QED) is 0.701. The summed E-state index contributed by atoms with van der Waals surface area (Å²) in [5.41, 5.74) is 2.54. The molecule has 1 heterocycles. The van der Waals surface area contributed by atoms with Crippen molar-refractivity contribution in [3.05, 3.63) is 23.8 Å². The molecular formula is C13H21NO. The molecule has 0 saturated heterocycles. The number of hydrogen-bond acceptors (Lipinski definition) is 2. The molecule has 0 radical (unpaired) electrons. The summed E-state index contributed by atoms with van der Waals surface area (Å²) in [6.07, 6.45) is 0. The van der Waals surface area contributed by atoms with Crippen LogP contribution in [-0.2, 0) is 0 Å². The highest BCUT2D eigenvalue weighted by Gasteiger charge is 2.15. The lowest BCUT2D eigenvalue weighted by Crippen LogP contribution is -2.32. The molecule has 0 fully saturated rings. The summed E-state index contributed by atoms with van der Waals surface area (Å²) in [5, 5.41) is 0. The van der Waals surface area contributed by atoms with Gasteiger partial charge in [0.2, 0.25) is 0 Å². The van der Waals surface area contributed by atoms with E-state index >= 15 is 0 Å². The van der Waals surface area contributed by atoms with E-state index in [1.807, 2.05) is 13.8 Å². The fourth-order valence-electron chi connectivity index (χ4n) is 1.71. The third-order valence-electron chi connectivity index (χ3n) is 2.46. The molecule has 0 saturated carbocycles. The van der Waals surface area contributed by atoms with Crippen molar-refractivity contribution < 1.29 is 4.74 Å². The second-order valence-electron chi connectivity index (χ2n) is 3.40. The first-order chi connectivity index (χ1) is 7.31. The Balaban J connectivity index is 0.000000531. The van der Waals surface area contributed by atoms with E-state index in [-0.39, 0.29) is 0 Å². The Morgan fingerprint density at radius 2 is 2.07 bits per heavy atom. The summed E-state index contributed by atoms with van der Waals surface area (Å²) in [7, 11) is 0. The number of fused-ring (bicyclic) bond motifs is 1. The van der Waals surface area contributed by atoms with E-state index in [2.05, 4.69) is 36.9 Å². The maximum atomic E-state index is 5.57. The van der Waals surface area contributed by atoms with Gasteiger partial charge >= 0.3 is 0 Å². The molecule has 0 amide bonds. The van der Waals surface area contributed by atoms with Crippen LogP contribution >= 0.6 is 0 Å². The monoisotopic (exact) mass is 207 g/mol. The molecule has 2 heteroatoms. The Hall–Kier alpha value is -1.18. The second-order valence-corrected chi connectivity index (χ2v) is 3.40. The van der Waals surface area contributed by atoms with Gasteiger partial charge in [-0.1, -0.05) is 19.9 Å². The molecule has 0 spiro atoms. The summed E-state index contributed by atoms with van der Waals surface area (Å²) in [6, 6.07) is 6.35. The Kier molecular flexibility index (Phi) is 4.47. The number of nitrogens with zero attached hydrogens (tertiary/aromatic N) is 1. The van der Waals surface area contributed by atoms with E-state index in [1.54, 1.807) is 0 Å². The van der Waals surface area contributed by atoms with Gasteiger partial charge in [0.05, 0.1) is 12.2 Å². The zero-order valence-corrected chi connectivity index (χ0v) is 10.2. The van der Waals surface area contributed by atoms with Gasteiger partial charge in [0.1, 0.15) is 12.4 Å². The van der Waals surface area contributed by atoms with Crippen molar-refractivity contribution in [1.82, 2.24) is 0 Å². The first kappa shape index (κ1) is 11.9. The average molecular weight is 207 g/mol. The fourth-order valence-corrected chi connectivity index (χ4v) is 1.71. The van der Waals surface area contributed by atoms with Crippen LogP contribution in [0.15, 0.2) is 18.2 Å². The van der Waals surface area contributed by atoms with Gasteiger partial charge in [0.15, 0.2) is 0 Å². The second kappa shape index (κ2) is 5.64. The number of benzene rings is 1. The van der Waals surface area contributed by atoms with Gasteiger partial charge in [-0.3, -0.25) is 0 Å². The minimum atomic E-state index is 0.809. The number of hydrogen-bond donors (Lipinski definition) is 0. The minimum Gasteiger partial charge on any atom is -0.490 e. The molecule has 0 atom stereocenters. The highest BCUT2D eigenvalue weighted by Crippen LogP contribution is 2.31. The Bertz CT molecular complexity index is 309. The molecule has 0 unspecified atom stereocenters. The number of likely N-dealkylation sites (N-methyl/N-ethyl adjacent to an activating group) is 1. The summed E-state index contributed by atoms with van der Waals surface area (Å²) >= 11 is 0. The maximum absolute atomic E-state index is 5.57. The molecule has 0 N–H and O–H groups in total. The molecule has 1 aromatic rings. The van der Waals surface area contributed by atoms with Crippen LogP contribution in [0.2, 0.25) is 0 Å². The third kappa shape index (κ3) is 2.65. The Morgan fingerprint density at radius 1 is 1.33 bits per heavy atom. The predicted octanol–water partition coefficient (Wildman–Crippen LogP) is 3.24. The van der Waals surface area contributed by atoms with Gasteiger partial charge in [-0.15, -0.1) is 0 Å². The highest BCUT2D eigenvalue weighted by molar-refractivity contribution is 5.61. The summed E-state index contributed by atoms with van der Waals surface area (Å²) in [5.74, 6) is 1.03. The number of anilines is 1. The molecule has 0 aromatic heterocycles. The molecule has 1 aromatic carbocycles. The maximum Gasteiger partial charge on any atom is 0.142 e. The van der Waals surface area contributed by atoms with Crippen LogP contribution in [0.4, 0.5) is 5.69 Å². The van der Waals surface area contributed by atoms with Gasteiger partial charge in [-0.05, 0) is 31.5 Å². The van der Waals surface area contributed by atoms with Gasteiger partial charge in [-0.25, -0.2) is 0 Å². The predicted molar refractivity (Wildman–Crippen MR) is 65.9 cm³/mol. The number of ether oxygens (including phenoxy) is 1. The van der Waals surface area contributed by atoms with Crippen molar-refractivity contribution in [1.29, 1.82) is 0 Å². The third-order valence-corrected chi connectivity index (χ3v) is 2.46. The van der Waals surface area contributed by atoms with Crippen LogP contribution < -0.4 is 9.64 Å². The van der Waals surface area contributed by atoms with E-state index in [0.29, 0.717) is 0 Å². The van der Waals surface area contributed by atoms with Gasteiger partial charge in [-0.2, -0.15) is 0 Å².